The van der Waals surface area contributed by atoms with Crippen LogP contribution >= 0.6 is 22.9 Å². The molecule has 2 aromatic heterocycles. The number of rotatable bonds is 5. The zero-order valence-corrected chi connectivity index (χ0v) is 13.1. The molecule has 0 aliphatic heterocycles. The predicted octanol–water partition coefficient (Wildman–Crippen LogP) is 2.42. The molecule has 0 amide bonds. The van der Waals surface area contributed by atoms with Gasteiger partial charge in [-0.15, -0.1) is 16.4 Å². The molecule has 0 bridgehead atoms. The van der Waals surface area contributed by atoms with Crippen molar-refractivity contribution in [3.8, 4) is 5.69 Å². The molecule has 3 rings (SSSR count). The largest absolute Gasteiger partial charge is 0.454 e. The summed E-state index contributed by atoms with van der Waals surface area (Å²) in [6.45, 7) is -0.342. The summed E-state index contributed by atoms with van der Waals surface area (Å²) < 4.78 is 6.96. The van der Waals surface area contributed by atoms with E-state index in [-0.39, 0.29) is 12.4 Å². The molecule has 0 unspecified atom stereocenters. The summed E-state index contributed by atoms with van der Waals surface area (Å²) in [6.07, 6.45) is 1.41. The molecule has 0 aliphatic carbocycles. The van der Waals surface area contributed by atoms with Crippen molar-refractivity contribution in [1.82, 2.24) is 20.2 Å². The summed E-state index contributed by atoms with van der Waals surface area (Å²) in [6, 6.07) is 9.80. The number of halogens is 1. The molecule has 0 N–H and O–H groups in total. The first-order chi connectivity index (χ1) is 11.1. The van der Waals surface area contributed by atoms with E-state index in [1.165, 1.54) is 11.0 Å². The monoisotopic (exact) mass is 348 g/mol. The maximum atomic E-state index is 12.0. The van der Waals surface area contributed by atoms with Crippen LogP contribution in [0.5, 0.6) is 0 Å². The van der Waals surface area contributed by atoms with Gasteiger partial charge in [0.2, 0.25) is 5.78 Å². The van der Waals surface area contributed by atoms with Gasteiger partial charge in [0.15, 0.2) is 6.61 Å². The van der Waals surface area contributed by atoms with E-state index in [0.717, 1.165) is 11.3 Å². The molecule has 1 aromatic carbocycles. The first-order valence-electron chi connectivity index (χ1n) is 6.42. The number of hydrogen-bond donors (Lipinski definition) is 0. The molecule has 0 radical (unpaired) electrons. The standard InChI is InChI=1S/C14H9ClN4O3S/c15-13-5-4-12(23-13)11(20)7-22-14(21)9-2-1-3-10(6-9)19-8-16-17-18-19/h1-6,8H,7H2. The van der Waals surface area contributed by atoms with Crippen molar-refractivity contribution in [3.63, 3.8) is 0 Å². The minimum absolute atomic E-state index is 0.299. The SMILES string of the molecule is O=C(OCC(=O)c1ccc(Cl)s1)c1cccc(-n2cnnn2)c1. The molecule has 23 heavy (non-hydrogen) atoms. The number of Topliss-reactive ketones (excluding diaryl/α,β-unsaturated/α-hetero) is 1. The molecule has 0 fully saturated rings. The molecule has 7 nitrogen and oxygen atoms in total. The highest BCUT2D eigenvalue weighted by atomic mass is 35.5. The normalized spacial score (nSPS) is 10.5. The average molecular weight is 349 g/mol. The molecule has 0 aliphatic rings. The van der Waals surface area contributed by atoms with Crippen LogP contribution in [0, 0.1) is 0 Å². The molecule has 3 aromatic rings. The lowest BCUT2D eigenvalue weighted by molar-refractivity contribution is 0.0476. The molecular weight excluding hydrogens is 340 g/mol. The Kier molecular flexibility index (Phi) is 4.45. The zero-order chi connectivity index (χ0) is 16.2. The van der Waals surface area contributed by atoms with Crippen molar-refractivity contribution in [1.29, 1.82) is 0 Å². The molecule has 2 heterocycles. The lowest BCUT2D eigenvalue weighted by atomic mass is 10.2. The first kappa shape index (κ1) is 15.3. The van der Waals surface area contributed by atoms with E-state index in [2.05, 4.69) is 15.5 Å². The molecule has 0 spiro atoms. The summed E-state index contributed by atoms with van der Waals surface area (Å²) in [4.78, 5) is 24.4. The van der Waals surface area contributed by atoms with Gasteiger partial charge in [0.05, 0.1) is 20.5 Å². The van der Waals surface area contributed by atoms with E-state index < -0.39 is 5.97 Å². The molecule has 0 saturated heterocycles. The van der Waals surface area contributed by atoms with Crippen LogP contribution in [-0.2, 0) is 4.74 Å². The van der Waals surface area contributed by atoms with Gasteiger partial charge < -0.3 is 4.74 Å². The van der Waals surface area contributed by atoms with Crippen LogP contribution in [0.25, 0.3) is 5.69 Å². The lowest BCUT2D eigenvalue weighted by Gasteiger charge is -2.05. The van der Waals surface area contributed by atoms with Crippen molar-refractivity contribution in [2.75, 3.05) is 6.61 Å². The first-order valence-corrected chi connectivity index (χ1v) is 7.62. The van der Waals surface area contributed by atoms with Crippen LogP contribution in [0.4, 0.5) is 0 Å². The van der Waals surface area contributed by atoms with Crippen LogP contribution in [-0.4, -0.2) is 38.6 Å². The Balaban J connectivity index is 1.67. The van der Waals surface area contributed by atoms with Gasteiger partial charge in [-0.25, -0.2) is 9.48 Å². The highest BCUT2D eigenvalue weighted by Crippen LogP contribution is 2.21. The second-order valence-electron chi connectivity index (χ2n) is 4.41. The van der Waals surface area contributed by atoms with Gasteiger partial charge in [-0.1, -0.05) is 17.7 Å². The Morgan fingerprint density at radius 2 is 2.13 bits per heavy atom. The number of aromatic nitrogens is 4. The van der Waals surface area contributed by atoms with Crippen molar-refractivity contribution in [2.45, 2.75) is 0 Å². The number of ketones is 1. The molecule has 0 atom stereocenters. The highest BCUT2D eigenvalue weighted by Gasteiger charge is 2.14. The second kappa shape index (κ2) is 6.67. The molecule has 0 saturated carbocycles. The Labute approximate surface area is 139 Å². The van der Waals surface area contributed by atoms with Crippen LogP contribution in [0.3, 0.4) is 0 Å². The van der Waals surface area contributed by atoms with E-state index in [4.69, 9.17) is 16.3 Å². The van der Waals surface area contributed by atoms with Crippen molar-refractivity contribution in [2.24, 2.45) is 0 Å². The fourth-order valence-corrected chi connectivity index (χ4v) is 2.77. The minimum Gasteiger partial charge on any atom is -0.454 e. The number of esters is 1. The number of ether oxygens (including phenoxy) is 1. The number of carbonyl (C=O) groups excluding carboxylic acids is 2. The van der Waals surface area contributed by atoms with Gasteiger partial charge in [-0.05, 0) is 40.8 Å². The van der Waals surface area contributed by atoms with Crippen molar-refractivity contribution in [3.05, 3.63) is 57.5 Å². The second-order valence-corrected chi connectivity index (χ2v) is 6.12. The smallest absolute Gasteiger partial charge is 0.338 e. The van der Waals surface area contributed by atoms with E-state index in [9.17, 15) is 9.59 Å². The number of carbonyl (C=O) groups is 2. The quantitative estimate of drug-likeness (QED) is 0.520. The Bertz CT molecular complexity index is 847. The van der Waals surface area contributed by atoms with Gasteiger partial charge in [-0.2, -0.15) is 0 Å². The third kappa shape index (κ3) is 3.61. The van der Waals surface area contributed by atoms with Crippen LogP contribution in [0.15, 0.2) is 42.7 Å². The highest BCUT2D eigenvalue weighted by molar-refractivity contribution is 7.18. The summed E-state index contributed by atoms with van der Waals surface area (Å²) in [5.74, 6) is -0.900. The third-order valence-corrected chi connectivity index (χ3v) is 4.15. The number of thiophene rings is 1. The Morgan fingerprint density at radius 1 is 1.26 bits per heavy atom. The predicted molar refractivity (Wildman–Crippen MR) is 83.1 cm³/mol. The summed E-state index contributed by atoms with van der Waals surface area (Å²) in [7, 11) is 0. The van der Waals surface area contributed by atoms with Gasteiger partial charge >= 0.3 is 5.97 Å². The molecule has 9 heteroatoms. The molecular formula is C14H9ClN4O3S. The topological polar surface area (TPSA) is 87.0 Å². The Morgan fingerprint density at radius 3 is 2.83 bits per heavy atom. The summed E-state index contributed by atoms with van der Waals surface area (Å²) in [5, 5.41) is 10.8. The van der Waals surface area contributed by atoms with E-state index in [0.29, 0.717) is 20.5 Å². The zero-order valence-electron chi connectivity index (χ0n) is 11.5. The lowest BCUT2D eigenvalue weighted by Crippen LogP contribution is -2.13. The van der Waals surface area contributed by atoms with Crippen molar-refractivity contribution >= 4 is 34.7 Å². The van der Waals surface area contributed by atoms with E-state index in [1.807, 2.05) is 0 Å². The maximum absolute atomic E-state index is 12.0. The maximum Gasteiger partial charge on any atom is 0.338 e. The number of tetrazole rings is 1. The Hall–Kier alpha value is -2.58. The van der Waals surface area contributed by atoms with Crippen molar-refractivity contribution < 1.29 is 14.3 Å². The molecule has 116 valence electrons. The third-order valence-electron chi connectivity index (χ3n) is 2.88. The van der Waals surface area contributed by atoms with Crippen LogP contribution in [0.1, 0.15) is 20.0 Å². The number of nitrogens with zero attached hydrogens (tertiary/aromatic N) is 4. The van der Waals surface area contributed by atoms with Crippen LogP contribution < -0.4 is 0 Å². The van der Waals surface area contributed by atoms with Gasteiger partial charge in [0.1, 0.15) is 6.33 Å². The summed E-state index contributed by atoms with van der Waals surface area (Å²) in [5.41, 5.74) is 0.913. The fraction of sp³-hybridized carbons (Fsp3) is 0.0714. The minimum atomic E-state index is -0.601. The average Bonchev–Trinajstić information content (AvgIpc) is 3.24. The number of benzene rings is 1. The number of hydrogen-bond acceptors (Lipinski definition) is 7. The van der Waals surface area contributed by atoms with E-state index >= 15 is 0 Å². The van der Waals surface area contributed by atoms with Gasteiger partial charge in [0.25, 0.3) is 0 Å². The van der Waals surface area contributed by atoms with Gasteiger partial charge in [0, 0.05) is 0 Å². The summed E-state index contributed by atoms with van der Waals surface area (Å²) >= 11 is 6.91. The van der Waals surface area contributed by atoms with Gasteiger partial charge in [-0.3, -0.25) is 4.79 Å². The van der Waals surface area contributed by atoms with Crippen LogP contribution in [0.2, 0.25) is 4.34 Å². The van der Waals surface area contributed by atoms with E-state index in [1.54, 1.807) is 36.4 Å². The fourth-order valence-electron chi connectivity index (χ4n) is 1.80.